The highest BCUT2D eigenvalue weighted by Crippen LogP contribution is 2.64. The molecular formula is C134H182N2O2P6. The molecule has 3 unspecified atom stereocenters. The van der Waals surface area contributed by atoms with Crippen LogP contribution in [-0.4, -0.2) is 108 Å². The SMILES string of the molecule is CC(C)(C)P(c1cccc2ccccc12)C(C)(C)C.CCP(c1ccccc1-c1ccccc1)C(C)(C)C.CN(C)c1ccccc1-c1ccccc1P(C1CCCCC1)C(C)(C)C.CN(C)c1ccccc1-c1ccccc1P(C1CCCCC1)C1CCCCC1.COc1ccc(-c2ccccc2P(C2CCCCC2)C(C)(C)C)cc1.COc1ccc(-c2ccccc2P(C2CCCCC2)C2CCCCC2)cc1. The lowest BCUT2D eigenvalue weighted by Gasteiger charge is -2.42. The molecule has 6 fully saturated rings. The molecule has 0 aromatic heterocycles. The number of methoxy groups -OCH3 is 2. The lowest BCUT2D eigenvalue weighted by atomic mass is 9.99. The van der Waals surface area contributed by atoms with E-state index in [2.05, 4.69) is 440 Å². The van der Waals surface area contributed by atoms with Crippen molar-refractivity contribution in [2.45, 2.75) is 363 Å². The molecule has 144 heavy (non-hydrogen) atoms. The van der Waals surface area contributed by atoms with Crippen LogP contribution in [-0.2, 0) is 0 Å². The molecule has 12 aromatic rings. The number of anilines is 2. The van der Waals surface area contributed by atoms with Gasteiger partial charge in [-0.15, -0.1) is 0 Å². The molecule has 0 bridgehead atoms. The minimum Gasteiger partial charge on any atom is -0.497 e. The minimum absolute atomic E-state index is 0.0790. The molecule has 18 rings (SSSR count). The summed E-state index contributed by atoms with van der Waals surface area (Å²) in [6.07, 6.45) is 44.4. The lowest BCUT2D eigenvalue weighted by Crippen LogP contribution is -2.31. The maximum atomic E-state index is 5.38. The molecule has 4 nitrogen and oxygen atoms in total. The summed E-state index contributed by atoms with van der Waals surface area (Å²) in [5.41, 5.74) is 22.2. The van der Waals surface area contributed by atoms with Gasteiger partial charge in [-0.1, -0.05) is 529 Å². The van der Waals surface area contributed by atoms with Crippen molar-refractivity contribution >= 4 is 102 Å². The van der Waals surface area contributed by atoms with E-state index < -0.39 is 0 Å². The van der Waals surface area contributed by atoms with Crippen molar-refractivity contribution in [3.8, 4) is 67.1 Å². The molecule has 12 aromatic carbocycles. The monoisotopic (exact) mass is 2040 g/mol. The van der Waals surface area contributed by atoms with Gasteiger partial charge in [0.2, 0.25) is 0 Å². The number of hydrogen-bond donors (Lipinski definition) is 0. The van der Waals surface area contributed by atoms with E-state index in [1.54, 1.807) is 46.0 Å². The van der Waals surface area contributed by atoms with Crippen molar-refractivity contribution in [3.63, 3.8) is 0 Å². The van der Waals surface area contributed by atoms with Gasteiger partial charge in [-0.3, -0.25) is 0 Å². The van der Waals surface area contributed by atoms with Crippen LogP contribution >= 0.6 is 47.5 Å². The Hall–Kier alpha value is -7.32. The highest BCUT2D eigenvalue weighted by Gasteiger charge is 2.42. The largest absolute Gasteiger partial charge is 0.497 e. The Labute approximate surface area is 884 Å². The van der Waals surface area contributed by atoms with Crippen molar-refractivity contribution in [1.29, 1.82) is 0 Å². The van der Waals surface area contributed by atoms with Gasteiger partial charge in [0.25, 0.3) is 0 Å². The summed E-state index contributed by atoms with van der Waals surface area (Å²) in [5.74, 6) is 1.87. The van der Waals surface area contributed by atoms with Crippen LogP contribution < -0.4 is 51.1 Å². The van der Waals surface area contributed by atoms with E-state index >= 15 is 0 Å². The van der Waals surface area contributed by atoms with Gasteiger partial charge in [0.1, 0.15) is 11.5 Å². The van der Waals surface area contributed by atoms with Gasteiger partial charge in [0.15, 0.2) is 0 Å². The highest BCUT2D eigenvalue weighted by atomic mass is 31.1. The zero-order valence-corrected chi connectivity index (χ0v) is 98.4. The van der Waals surface area contributed by atoms with E-state index in [4.69, 9.17) is 9.47 Å². The van der Waals surface area contributed by atoms with Crippen LogP contribution in [0.5, 0.6) is 11.5 Å². The first-order valence-corrected chi connectivity index (χ1v) is 64.5. The van der Waals surface area contributed by atoms with Crippen LogP contribution in [0.4, 0.5) is 11.4 Å². The summed E-state index contributed by atoms with van der Waals surface area (Å²) in [4.78, 5) is 4.52. The second-order valence-corrected chi connectivity index (χ2v) is 66.2. The molecule has 0 spiro atoms. The van der Waals surface area contributed by atoms with E-state index in [-0.39, 0.29) is 47.5 Å². The van der Waals surface area contributed by atoms with Gasteiger partial charge in [-0.05, 0) is 266 Å². The topological polar surface area (TPSA) is 24.9 Å². The summed E-state index contributed by atoms with van der Waals surface area (Å²) in [7, 11) is 11.2. The maximum absolute atomic E-state index is 5.38. The fraction of sp³-hybridized carbons (Fsp3) is 0.478. The van der Waals surface area contributed by atoms with Crippen molar-refractivity contribution in [2.24, 2.45) is 0 Å². The van der Waals surface area contributed by atoms with Crippen molar-refractivity contribution in [1.82, 2.24) is 0 Å². The Kier molecular flexibility index (Phi) is 43.4. The fourth-order valence-electron chi connectivity index (χ4n) is 24.9. The number of ether oxygens (including phenoxy) is 2. The zero-order chi connectivity index (χ0) is 103. The number of hydrogen-bond acceptors (Lipinski definition) is 4. The van der Waals surface area contributed by atoms with Crippen LogP contribution in [0.15, 0.2) is 291 Å². The molecule has 0 saturated heterocycles. The van der Waals surface area contributed by atoms with E-state index in [0.717, 1.165) is 45.5 Å². The minimum atomic E-state index is -0.238. The third kappa shape index (κ3) is 31.0. The average Bonchev–Trinajstić information content (AvgIpc) is 0.787. The molecule has 770 valence electrons. The second-order valence-electron chi connectivity index (χ2n) is 47.0. The fourth-order valence-corrected chi connectivity index (χ4v) is 47.3. The van der Waals surface area contributed by atoms with Crippen LogP contribution in [0, 0.1) is 0 Å². The van der Waals surface area contributed by atoms with E-state index in [9.17, 15) is 0 Å². The second kappa shape index (κ2) is 54.9. The van der Waals surface area contributed by atoms with Crippen molar-refractivity contribution in [3.05, 3.63) is 291 Å². The summed E-state index contributed by atoms with van der Waals surface area (Å²) in [6, 6.07) is 107. The molecule has 0 N–H and O–H groups in total. The predicted octanol–water partition coefficient (Wildman–Crippen LogP) is 38.4. The van der Waals surface area contributed by atoms with Crippen LogP contribution in [0.2, 0.25) is 0 Å². The van der Waals surface area contributed by atoms with Gasteiger partial charge in [-0.25, -0.2) is 0 Å². The zero-order valence-electron chi connectivity index (χ0n) is 93.0. The predicted molar refractivity (Wildman–Crippen MR) is 655 cm³/mol. The number of rotatable bonds is 22. The molecular weight excluding hydrogens is 1860 g/mol. The average molecular weight is 2040 g/mol. The van der Waals surface area contributed by atoms with Gasteiger partial charge in [0, 0.05) is 50.7 Å². The Balaban J connectivity index is 0.000000146. The summed E-state index contributed by atoms with van der Waals surface area (Å²) < 4.78 is 10.7. The Bertz CT molecular complexity index is 5760. The number of nitrogens with zero attached hydrogens (tertiary/aromatic N) is 2. The Morgan fingerprint density at radius 3 is 0.847 bits per heavy atom. The van der Waals surface area contributed by atoms with E-state index in [0.29, 0.717) is 25.8 Å². The molecule has 3 atom stereocenters. The smallest absolute Gasteiger partial charge is 0.118 e. The third-order valence-corrected chi connectivity index (χ3v) is 51.9. The molecule has 0 aliphatic heterocycles. The molecule has 10 heteroatoms. The Morgan fingerprint density at radius 1 is 0.236 bits per heavy atom. The lowest BCUT2D eigenvalue weighted by molar-refractivity contribution is 0.415. The molecule has 6 aliphatic carbocycles. The molecule has 6 aliphatic rings. The molecule has 0 amide bonds. The normalized spacial score (nSPS) is 16.9. The summed E-state index contributed by atoms with van der Waals surface area (Å²) in [6.45, 7) is 38.4. The number of benzene rings is 12. The third-order valence-electron chi connectivity index (χ3n) is 30.8. The molecule has 6 saturated carbocycles. The van der Waals surface area contributed by atoms with E-state index in [1.165, 1.54) is 277 Å². The summed E-state index contributed by atoms with van der Waals surface area (Å²) >= 11 is 0. The van der Waals surface area contributed by atoms with Gasteiger partial charge in [0.05, 0.1) is 14.2 Å². The van der Waals surface area contributed by atoms with Crippen LogP contribution in [0.1, 0.15) is 303 Å². The quantitative estimate of drug-likeness (QED) is 0.0632. The molecule has 0 heterocycles. The van der Waals surface area contributed by atoms with E-state index in [1.807, 2.05) is 0 Å². The molecule has 0 radical (unpaired) electrons. The first-order chi connectivity index (χ1) is 69.3. The first kappa shape index (κ1) is 114. The van der Waals surface area contributed by atoms with Gasteiger partial charge < -0.3 is 19.3 Å². The van der Waals surface area contributed by atoms with Crippen LogP contribution in [0.25, 0.3) is 66.4 Å². The van der Waals surface area contributed by atoms with Gasteiger partial charge >= 0.3 is 0 Å². The van der Waals surface area contributed by atoms with Gasteiger partial charge in [-0.2, -0.15) is 0 Å². The highest BCUT2D eigenvalue weighted by molar-refractivity contribution is 7.70. The van der Waals surface area contributed by atoms with Crippen LogP contribution in [0.3, 0.4) is 0 Å². The maximum Gasteiger partial charge on any atom is 0.118 e. The number of fused-ring (bicyclic) bond motifs is 1. The number of para-hydroxylation sites is 2. The van der Waals surface area contributed by atoms with Crippen molar-refractivity contribution < 1.29 is 9.47 Å². The first-order valence-electron chi connectivity index (χ1n) is 55.8. The standard InChI is InChI=1S/C26H36NP.C25H33OP.C24H34NP.C23H31OP.C18H25P.C18H23P/c1-27(2)25-19-11-9-17-23(25)24-18-10-12-20-26(24)28(21-13-5-3-6-14-21)22-15-7-4-8-16-22;1-26-21-18-16-20(17-19-21)24-14-8-9-15-25(24)27(22-10-4-2-5-11-22)23-12-6-3-7-13-23;1-24(2,3)26(19-13-7-6-8-14-19)23-18-12-10-16-21(23)20-15-9-11-17-22(20)25(4)5;1-23(2,3)25(20-10-6-5-7-11-20)22-13-9-8-12-21(22)18-14-16-19(24-4)17-15-18;1-17(2,3)19(18(4,5)6)16-13-9-11-14-10-7-8-12-15(14)16;1-5-19(18(2,3)4)17-14-10-9-13-16(17)15-11-7-6-8-12-15/h9-12,17-22H,3-8,13-16H2,1-2H3;8-9,14-19,22-23H,2-7,10-13H2,1H3;9-12,15-19H,6-8,13-14H2,1-5H3;8-9,12-17,20H,5-7,10-11H2,1-4H3;7-13H,1-6H3;6-14H,5H2,1-4H3. The Morgan fingerprint density at radius 2 is 0.500 bits per heavy atom. The summed E-state index contributed by atoms with van der Waals surface area (Å²) in [5, 5.41) is 14.1. The van der Waals surface area contributed by atoms with Crippen molar-refractivity contribution in [2.75, 3.05) is 58.4 Å².